The summed E-state index contributed by atoms with van der Waals surface area (Å²) in [5.41, 5.74) is 1.67. The molecule has 0 saturated heterocycles. The van der Waals surface area contributed by atoms with E-state index in [0.29, 0.717) is 0 Å². The summed E-state index contributed by atoms with van der Waals surface area (Å²) in [5, 5.41) is 8.51. The zero-order valence-electron chi connectivity index (χ0n) is 7.12. The van der Waals surface area contributed by atoms with E-state index in [1.807, 2.05) is 24.3 Å². The molecular formula is C10H9BrO2. The molecule has 0 bridgehead atoms. The molecule has 1 N–H and O–H groups in total. The number of aliphatic carboxylic acids is 1. The number of carboxylic acid groups (broad SMARTS) is 1. The second-order valence-corrected chi connectivity index (χ2v) is 3.59. The fourth-order valence-electron chi connectivity index (χ4n) is 0.981. The Kier molecular flexibility index (Phi) is 3.25. The largest absolute Gasteiger partial charge is 0.478 e. The van der Waals surface area contributed by atoms with Crippen molar-refractivity contribution in [1.29, 1.82) is 0 Å². The van der Waals surface area contributed by atoms with E-state index in [-0.39, 0.29) is 0 Å². The average molecular weight is 241 g/mol. The van der Waals surface area contributed by atoms with Gasteiger partial charge >= 0.3 is 5.97 Å². The Balaban J connectivity index is 2.96. The van der Waals surface area contributed by atoms with Gasteiger partial charge in [-0.1, -0.05) is 28.1 Å². The van der Waals surface area contributed by atoms with Crippen LogP contribution in [0.1, 0.15) is 12.5 Å². The van der Waals surface area contributed by atoms with Gasteiger partial charge < -0.3 is 5.11 Å². The number of carboxylic acids is 1. The molecule has 0 aliphatic rings. The Morgan fingerprint density at radius 2 is 1.92 bits per heavy atom. The molecule has 2 nitrogen and oxygen atoms in total. The standard InChI is InChI=1S/C10H9BrO2/c1-7(6-10(12)13)8-2-4-9(11)5-3-8/h2-6H,1H3,(H,12,13). The minimum atomic E-state index is -0.916. The number of benzene rings is 1. The van der Waals surface area contributed by atoms with Crippen LogP contribution >= 0.6 is 15.9 Å². The molecule has 0 fully saturated rings. The minimum Gasteiger partial charge on any atom is -0.478 e. The van der Waals surface area contributed by atoms with Gasteiger partial charge in [0, 0.05) is 10.5 Å². The lowest BCUT2D eigenvalue weighted by Gasteiger charge is -1.99. The van der Waals surface area contributed by atoms with E-state index in [4.69, 9.17) is 5.11 Å². The van der Waals surface area contributed by atoms with E-state index in [0.717, 1.165) is 15.6 Å². The quantitative estimate of drug-likeness (QED) is 0.808. The summed E-state index contributed by atoms with van der Waals surface area (Å²) in [6.07, 6.45) is 1.20. The lowest BCUT2D eigenvalue weighted by Crippen LogP contribution is -1.89. The van der Waals surface area contributed by atoms with Crippen molar-refractivity contribution in [1.82, 2.24) is 0 Å². The van der Waals surface area contributed by atoms with Gasteiger partial charge in [0.15, 0.2) is 0 Å². The number of hydrogen-bond donors (Lipinski definition) is 1. The summed E-state index contributed by atoms with van der Waals surface area (Å²) in [6.45, 7) is 1.78. The van der Waals surface area contributed by atoms with E-state index in [9.17, 15) is 4.79 Å². The van der Waals surface area contributed by atoms with Gasteiger partial charge in [-0.3, -0.25) is 0 Å². The molecule has 0 aliphatic carbocycles. The lowest BCUT2D eigenvalue weighted by molar-refractivity contribution is -0.131. The van der Waals surface area contributed by atoms with Crippen LogP contribution in [-0.2, 0) is 4.79 Å². The van der Waals surface area contributed by atoms with Crippen molar-refractivity contribution >= 4 is 27.5 Å². The maximum absolute atomic E-state index is 10.4. The average Bonchev–Trinajstić information content (AvgIpc) is 2.04. The van der Waals surface area contributed by atoms with Crippen LogP contribution in [0.15, 0.2) is 34.8 Å². The van der Waals surface area contributed by atoms with Crippen LogP contribution in [0.3, 0.4) is 0 Å². The first-order valence-corrected chi connectivity index (χ1v) is 4.56. The predicted octanol–water partition coefficient (Wildman–Crippen LogP) is 2.94. The van der Waals surface area contributed by atoms with Crippen LogP contribution in [0.25, 0.3) is 5.57 Å². The van der Waals surface area contributed by atoms with Crippen LogP contribution in [-0.4, -0.2) is 11.1 Å². The molecule has 0 aliphatic heterocycles. The van der Waals surface area contributed by atoms with Crippen LogP contribution in [0, 0.1) is 0 Å². The highest BCUT2D eigenvalue weighted by molar-refractivity contribution is 9.10. The van der Waals surface area contributed by atoms with E-state index >= 15 is 0 Å². The molecule has 0 saturated carbocycles. The second-order valence-electron chi connectivity index (χ2n) is 2.67. The molecule has 0 atom stereocenters. The summed E-state index contributed by atoms with van der Waals surface area (Å²) in [4.78, 5) is 10.4. The van der Waals surface area contributed by atoms with Gasteiger partial charge in [0.05, 0.1) is 0 Å². The Morgan fingerprint density at radius 1 is 1.38 bits per heavy atom. The van der Waals surface area contributed by atoms with Gasteiger partial charge in [-0.25, -0.2) is 4.79 Å². The first-order chi connectivity index (χ1) is 6.09. The fraction of sp³-hybridized carbons (Fsp3) is 0.100. The summed E-state index contributed by atoms with van der Waals surface area (Å²) >= 11 is 3.31. The Morgan fingerprint density at radius 3 is 2.38 bits per heavy atom. The number of allylic oxidation sites excluding steroid dienone is 1. The Labute approximate surface area is 85.0 Å². The zero-order valence-corrected chi connectivity index (χ0v) is 8.71. The highest BCUT2D eigenvalue weighted by Gasteiger charge is 1.97. The molecule has 0 heterocycles. The van der Waals surface area contributed by atoms with E-state index in [1.54, 1.807) is 6.92 Å². The van der Waals surface area contributed by atoms with Crippen LogP contribution in [0.4, 0.5) is 0 Å². The summed E-state index contributed by atoms with van der Waals surface area (Å²) < 4.78 is 0.986. The van der Waals surface area contributed by atoms with Gasteiger partial charge in [-0.15, -0.1) is 0 Å². The monoisotopic (exact) mass is 240 g/mol. The van der Waals surface area contributed by atoms with Crippen molar-refractivity contribution in [3.8, 4) is 0 Å². The first kappa shape index (κ1) is 9.99. The van der Waals surface area contributed by atoms with E-state index < -0.39 is 5.97 Å². The number of halogens is 1. The SMILES string of the molecule is CC(=CC(=O)O)c1ccc(Br)cc1. The Bertz CT molecular complexity index is 338. The highest BCUT2D eigenvalue weighted by atomic mass is 79.9. The van der Waals surface area contributed by atoms with Crippen molar-refractivity contribution in [2.75, 3.05) is 0 Å². The van der Waals surface area contributed by atoms with Gasteiger partial charge in [0.2, 0.25) is 0 Å². The highest BCUT2D eigenvalue weighted by Crippen LogP contribution is 2.16. The molecular weight excluding hydrogens is 232 g/mol. The van der Waals surface area contributed by atoms with E-state index in [1.165, 1.54) is 6.08 Å². The molecule has 0 unspecified atom stereocenters. The number of hydrogen-bond acceptors (Lipinski definition) is 1. The molecule has 0 radical (unpaired) electrons. The summed E-state index contributed by atoms with van der Waals surface area (Å²) in [5.74, 6) is -0.916. The van der Waals surface area contributed by atoms with Crippen molar-refractivity contribution < 1.29 is 9.90 Å². The van der Waals surface area contributed by atoms with Crippen molar-refractivity contribution in [3.63, 3.8) is 0 Å². The molecule has 1 rings (SSSR count). The van der Waals surface area contributed by atoms with Gasteiger partial charge in [-0.2, -0.15) is 0 Å². The van der Waals surface area contributed by atoms with Gasteiger partial charge in [-0.05, 0) is 30.2 Å². The van der Waals surface area contributed by atoms with Crippen LogP contribution in [0.5, 0.6) is 0 Å². The topological polar surface area (TPSA) is 37.3 Å². The molecule has 68 valence electrons. The first-order valence-electron chi connectivity index (χ1n) is 3.77. The lowest BCUT2D eigenvalue weighted by atomic mass is 10.1. The molecule has 1 aromatic rings. The van der Waals surface area contributed by atoms with Gasteiger partial charge in [0.1, 0.15) is 0 Å². The molecule has 0 amide bonds. The minimum absolute atomic E-state index is 0.750. The molecule has 3 heteroatoms. The molecule has 0 spiro atoms. The molecule has 13 heavy (non-hydrogen) atoms. The zero-order chi connectivity index (χ0) is 9.84. The fourth-order valence-corrected chi connectivity index (χ4v) is 1.25. The second kappa shape index (κ2) is 4.23. The summed E-state index contributed by atoms with van der Waals surface area (Å²) in [7, 11) is 0. The third-order valence-electron chi connectivity index (χ3n) is 1.64. The number of rotatable bonds is 2. The van der Waals surface area contributed by atoms with Crippen LogP contribution in [0.2, 0.25) is 0 Å². The van der Waals surface area contributed by atoms with Crippen molar-refractivity contribution in [3.05, 3.63) is 40.4 Å². The maximum Gasteiger partial charge on any atom is 0.328 e. The predicted molar refractivity (Wildman–Crippen MR) is 55.4 cm³/mol. The number of carbonyl (C=O) groups is 1. The maximum atomic E-state index is 10.4. The normalized spacial score (nSPS) is 11.4. The van der Waals surface area contributed by atoms with E-state index in [2.05, 4.69) is 15.9 Å². The van der Waals surface area contributed by atoms with Crippen LogP contribution < -0.4 is 0 Å². The van der Waals surface area contributed by atoms with Gasteiger partial charge in [0.25, 0.3) is 0 Å². The smallest absolute Gasteiger partial charge is 0.328 e. The molecule has 1 aromatic carbocycles. The third-order valence-corrected chi connectivity index (χ3v) is 2.17. The molecule has 0 aromatic heterocycles. The summed E-state index contributed by atoms with van der Waals surface area (Å²) in [6, 6.07) is 7.51. The van der Waals surface area contributed by atoms with Crippen molar-refractivity contribution in [2.24, 2.45) is 0 Å². The Hall–Kier alpha value is -1.09. The third kappa shape index (κ3) is 3.03. The van der Waals surface area contributed by atoms with Crippen molar-refractivity contribution in [2.45, 2.75) is 6.92 Å².